The molecule has 0 unspecified atom stereocenters. The van der Waals surface area contributed by atoms with Crippen molar-refractivity contribution in [1.29, 1.82) is 5.26 Å². The number of nitrogens with one attached hydrogen (secondary N) is 1. The summed E-state index contributed by atoms with van der Waals surface area (Å²) < 4.78 is 0. The van der Waals surface area contributed by atoms with Crippen LogP contribution in [0.1, 0.15) is 5.56 Å². The third-order valence-corrected chi connectivity index (χ3v) is 3.53. The Labute approximate surface area is 138 Å². The van der Waals surface area contributed by atoms with Crippen LogP contribution >= 0.6 is 11.3 Å². The molecule has 1 heterocycles. The Hall–Kier alpha value is -3.65. The van der Waals surface area contributed by atoms with Crippen LogP contribution in [0.2, 0.25) is 0 Å². The van der Waals surface area contributed by atoms with E-state index in [4.69, 9.17) is 11.0 Å². The van der Waals surface area contributed by atoms with Crippen molar-refractivity contribution < 1.29 is 19.9 Å². The molecule has 0 saturated heterocycles. The number of aromatic nitrogens is 1. The predicted octanol–water partition coefficient (Wildman–Crippen LogP) is 1.29. The van der Waals surface area contributed by atoms with Crippen molar-refractivity contribution in [2.75, 3.05) is 5.32 Å². The Bertz CT molecular complexity index is 885. The number of rotatable bonds is 4. The standard InChI is InChI=1S/C13H9N5O5S/c14-5-7(12(21)17-13-16-1-2-24-13)10(15)6-3-8(18(22)23)11(20)9(19)4-6/h1-4,19-20H,15H2,(H,16,17,21)/b10-7-. The Kier molecular flexibility index (Phi) is 4.62. The molecule has 11 heteroatoms. The van der Waals surface area contributed by atoms with Crippen LogP contribution in [0.3, 0.4) is 0 Å². The van der Waals surface area contributed by atoms with Gasteiger partial charge < -0.3 is 15.9 Å². The highest BCUT2D eigenvalue weighted by molar-refractivity contribution is 7.13. The van der Waals surface area contributed by atoms with Gasteiger partial charge in [0, 0.05) is 23.2 Å². The zero-order chi connectivity index (χ0) is 17.9. The molecule has 0 bridgehead atoms. The van der Waals surface area contributed by atoms with E-state index < -0.39 is 39.3 Å². The smallest absolute Gasteiger partial charge is 0.315 e. The highest BCUT2D eigenvalue weighted by Crippen LogP contribution is 2.37. The minimum atomic E-state index is -0.942. The second-order valence-electron chi connectivity index (χ2n) is 4.31. The van der Waals surface area contributed by atoms with Gasteiger partial charge in [0.15, 0.2) is 10.9 Å². The van der Waals surface area contributed by atoms with Crippen LogP contribution in [-0.4, -0.2) is 26.0 Å². The number of amides is 1. The van der Waals surface area contributed by atoms with E-state index in [1.54, 1.807) is 11.4 Å². The number of thiazole rings is 1. The zero-order valence-electron chi connectivity index (χ0n) is 11.8. The molecule has 0 aliphatic heterocycles. The molecular weight excluding hydrogens is 338 g/mol. The monoisotopic (exact) mass is 347 g/mol. The summed E-state index contributed by atoms with van der Waals surface area (Å²) >= 11 is 1.12. The van der Waals surface area contributed by atoms with Gasteiger partial charge in [-0.1, -0.05) is 0 Å². The van der Waals surface area contributed by atoms with E-state index in [0.717, 1.165) is 23.5 Å². The summed E-state index contributed by atoms with van der Waals surface area (Å²) in [5.74, 6) is -2.61. The normalized spacial score (nSPS) is 11.3. The number of hydrogen-bond acceptors (Lipinski definition) is 9. The molecule has 0 saturated carbocycles. The molecule has 0 atom stereocenters. The Balaban J connectivity index is 2.48. The minimum Gasteiger partial charge on any atom is -0.504 e. The third-order valence-electron chi connectivity index (χ3n) is 2.84. The number of aromatic hydroxyl groups is 2. The molecule has 2 aromatic rings. The maximum absolute atomic E-state index is 12.1. The van der Waals surface area contributed by atoms with Crippen LogP contribution in [0.4, 0.5) is 10.8 Å². The Morgan fingerprint density at radius 1 is 1.46 bits per heavy atom. The summed E-state index contributed by atoms with van der Waals surface area (Å²) in [4.78, 5) is 25.8. The Morgan fingerprint density at radius 3 is 2.71 bits per heavy atom. The molecule has 24 heavy (non-hydrogen) atoms. The van der Waals surface area contributed by atoms with E-state index in [2.05, 4.69) is 10.3 Å². The van der Waals surface area contributed by atoms with Crippen molar-refractivity contribution in [3.8, 4) is 17.6 Å². The molecule has 0 aliphatic carbocycles. The topological polar surface area (TPSA) is 175 Å². The number of phenols is 2. The van der Waals surface area contributed by atoms with Gasteiger partial charge in [-0.15, -0.1) is 11.3 Å². The first-order valence-electron chi connectivity index (χ1n) is 6.16. The first kappa shape index (κ1) is 16.7. The number of nitriles is 1. The number of nitro groups is 1. The van der Waals surface area contributed by atoms with Crippen molar-refractivity contribution in [3.05, 3.63) is 45.0 Å². The van der Waals surface area contributed by atoms with Gasteiger partial charge >= 0.3 is 5.69 Å². The van der Waals surface area contributed by atoms with Crippen molar-refractivity contribution in [1.82, 2.24) is 4.98 Å². The minimum absolute atomic E-state index is 0.164. The molecule has 1 aromatic heterocycles. The van der Waals surface area contributed by atoms with Crippen LogP contribution in [0.5, 0.6) is 11.5 Å². The van der Waals surface area contributed by atoms with Gasteiger partial charge in [0.25, 0.3) is 5.91 Å². The number of nitro benzene ring substituents is 1. The van der Waals surface area contributed by atoms with E-state index in [1.807, 2.05) is 0 Å². The van der Waals surface area contributed by atoms with Crippen molar-refractivity contribution >= 4 is 33.8 Å². The van der Waals surface area contributed by atoms with Gasteiger partial charge in [-0.2, -0.15) is 5.26 Å². The summed E-state index contributed by atoms with van der Waals surface area (Å²) in [5, 5.41) is 43.2. The molecule has 5 N–H and O–H groups in total. The highest BCUT2D eigenvalue weighted by atomic mass is 32.1. The quantitative estimate of drug-likeness (QED) is 0.210. The summed E-state index contributed by atoms with van der Waals surface area (Å²) in [7, 11) is 0. The average Bonchev–Trinajstić information content (AvgIpc) is 3.02. The van der Waals surface area contributed by atoms with Crippen LogP contribution in [0, 0.1) is 21.4 Å². The molecule has 0 radical (unpaired) electrons. The molecule has 1 aromatic carbocycles. The maximum Gasteiger partial charge on any atom is 0.315 e. The number of hydrogen-bond donors (Lipinski definition) is 4. The second kappa shape index (κ2) is 6.63. The third kappa shape index (κ3) is 3.23. The van der Waals surface area contributed by atoms with E-state index >= 15 is 0 Å². The number of carbonyl (C=O) groups is 1. The maximum atomic E-state index is 12.1. The van der Waals surface area contributed by atoms with E-state index in [1.165, 1.54) is 6.20 Å². The fourth-order valence-electron chi connectivity index (χ4n) is 1.72. The summed E-state index contributed by atoms with van der Waals surface area (Å²) in [6.45, 7) is 0. The van der Waals surface area contributed by atoms with Crippen molar-refractivity contribution in [3.63, 3.8) is 0 Å². The predicted molar refractivity (Wildman–Crippen MR) is 83.9 cm³/mol. The molecule has 122 valence electrons. The van der Waals surface area contributed by atoms with Crippen LogP contribution in [0.15, 0.2) is 29.3 Å². The van der Waals surface area contributed by atoms with Gasteiger partial charge in [-0.3, -0.25) is 20.2 Å². The van der Waals surface area contributed by atoms with Crippen LogP contribution in [0.25, 0.3) is 5.70 Å². The molecule has 0 fully saturated rings. The lowest BCUT2D eigenvalue weighted by atomic mass is 10.1. The van der Waals surface area contributed by atoms with Crippen LogP contribution < -0.4 is 11.1 Å². The molecule has 0 aliphatic rings. The summed E-state index contributed by atoms with van der Waals surface area (Å²) in [6, 6.07) is 3.35. The van der Waals surface area contributed by atoms with Gasteiger partial charge in [-0.05, 0) is 6.07 Å². The number of carbonyl (C=O) groups excluding carboxylic acids is 1. The number of nitrogens with zero attached hydrogens (tertiary/aromatic N) is 3. The van der Waals surface area contributed by atoms with E-state index in [-0.39, 0.29) is 10.7 Å². The van der Waals surface area contributed by atoms with Crippen molar-refractivity contribution in [2.45, 2.75) is 0 Å². The van der Waals surface area contributed by atoms with Gasteiger partial charge in [0.1, 0.15) is 11.6 Å². The first-order valence-corrected chi connectivity index (χ1v) is 7.04. The molecule has 2 rings (SSSR count). The first-order chi connectivity index (χ1) is 11.3. The largest absolute Gasteiger partial charge is 0.504 e. The average molecular weight is 347 g/mol. The number of benzene rings is 1. The second-order valence-corrected chi connectivity index (χ2v) is 5.21. The lowest BCUT2D eigenvalue weighted by Crippen LogP contribution is -2.17. The molecule has 1 amide bonds. The fraction of sp³-hybridized carbons (Fsp3) is 0. The van der Waals surface area contributed by atoms with Crippen molar-refractivity contribution in [2.24, 2.45) is 5.73 Å². The van der Waals surface area contributed by atoms with Gasteiger partial charge in [0.2, 0.25) is 5.75 Å². The molecular formula is C13H9N5O5S. The molecule has 10 nitrogen and oxygen atoms in total. The highest BCUT2D eigenvalue weighted by Gasteiger charge is 2.22. The van der Waals surface area contributed by atoms with Gasteiger partial charge in [-0.25, -0.2) is 4.98 Å². The lowest BCUT2D eigenvalue weighted by Gasteiger charge is -2.07. The lowest BCUT2D eigenvalue weighted by molar-refractivity contribution is -0.386. The van der Waals surface area contributed by atoms with E-state index in [0.29, 0.717) is 0 Å². The van der Waals surface area contributed by atoms with Gasteiger partial charge in [0.05, 0.1) is 10.6 Å². The summed E-state index contributed by atoms with van der Waals surface area (Å²) in [5.41, 5.74) is 3.83. The molecule has 0 spiro atoms. The summed E-state index contributed by atoms with van der Waals surface area (Å²) in [6.07, 6.45) is 1.45. The fourth-order valence-corrected chi connectivity index (χ4v) is 2.25. The SMILES string of the molecule is N#C/C(C(=O)Nc1nccs1)=C(/N)c1cc(O)c(O)c([N+](=O)[O-])c1. The number of nitrogens with two attached hydrogens (primary N) is 1. The van der Waals surface area contributed by atoms with Crippen LogP contribution in [-0.2, 0) is 4.79 Å². The zero-order valence-corrected chi connectivity index (χ0v) is 12.6. The van der Waals surface area contributed by atoms with E-state index in [9.17, 15) is 25.1 Å². The number of phenolic OH excluding ortho intramolecular Hbond substituents is 2. The number of anilines is 1. The Morgan fingerprint density at radius 2 is 2.17 bits per heavy atom.